The van der Waals surface area contributed by atoms with Gasteiger partial charge in [0.25, 0.3) is 0 Å². The van der Waals surface area contributed by atoms with Gasteiger partial charge in [0, 0.05) is 25.3 Å². The minimum atomic E-state index is 0.695. The maximum Gasteiger partial charge on any atom is 0.0642 e. The van der Waals surface area contributed by atoms with Crippen LogP contribution >= 0.6 is 0 Å². The molecule has 0 saturated carbocycles. The highest BCUT2D eigenvalue weighted by Crippen LogP contribution is 2.21. The first-order valence-electron chi connectivity index (χ1n) is 6.88. The summed E-state index contributed by atoms with van der Waals surface area (Å²) in [6, 6.07) is 8.68. The van der Waals surface area contributed by atoms with E-state index >= 15 is 0 Å². The third-order valence-electron chi connectivity index (χ3n) is 3.21. The highest BCUT2D eigenvalue weighted by atomic mass is 16.5. The van der Waals surface area contributed by atoms with Crippen molar-refractivity contribution in [1.82, 2.24) is 5.32 Å². The van der Waals surface area contributed by atoms with Crippen LogP contribution in [0.2, 0.25) is 0 Å². The highest BCUT2D eigenvalue weighted by Gasteiger charge is 2.13. The van der Waals surface area contributed by atoms with Crippen LogP contribution < -0.4 is 10.2 Å². The molecule has 3 heteroatoms. The fourth-order valence-corrected chi connectivity index (χ4v) is 2.27. The fraction of sp³-hybridized carbons (Fsp3) is 0.600. The summed E-state index contributed by atoms with van der Waals surface area (Å²) in [7, 11) is 0. The summed E-state index contributed by atoms with van der Waals surface area (Å²) in [6.45, 7) is 10.2. The number of nitrogens with zero attached hydrogens (tertiary/aromatic N) is 1. The minimum Gasteiger partial charge on any atom is -0.378 e. The molecule has 1 aromatic rings. The predicted molar refractivity (Wildman–Crippen MR) is 76.0 cm³/mol. The van der Waals surface area contributed by atoms with Crippen LogP contribution in [-0.4, -0.2) is 32.8 Å². The van der Waals surface area contributed by atoms with Gasteiger partial charge in [0.1, 0.15) is 0 Å². The van der Waals surface area contributed by atoms with Gasteiger partial charge < -0.3 is 15.0 Å². The smallest absolute Gasteiger partial charge is 0.0642 e. The Labute approximate surface area is 110 Å². The molecule has 100 valence electrons. The molecule has 2 rings (SSSR count). The molecule has 1 N–H and O–H groups in total. The first kappa shape index (κ1) is 13.4. The molecule has 0 aromatic heterocycles. The summed E-state index contributed by atoms with van der Waals surface area (Å²) in [5.41, 5.74) is 2.75. The van der Waals surface area contributed by atoms with Crippen molar-refractivity contribution in [2.45, 2.75) is 20.4 Å². The molecule has 1 heterocycles. The maximum atomic E-state index is 5.42. The summed E-state index contributed by atoms with van der Waals surface area (Å²) >= 11 is 0. The lowest BCUT2D eigenvalue weighted by Crippen LogP contribution is -2.37. The molecule has 0 amide bonds. The van der Waals surface area contributed by atoms with E-state index in [9.17, 15) is 0 Å². The molecule has 1 aliphatic rings. The third kappa shape index (κ3) is 3.72. The van der Waals surface area contributed by atoms with E-state index in [4.69, 9.17) is 4.74 Å². The highest BCUT2D eigenvalue weighted by molar-refractivity contribution is 5.53. The summed E-state index contributed by atoms with van der Waals surface area (Å²) < 4.78 is 5.42. The fourth-order valence-electron chi connectivity index (χ4n) is 2.27. The van der Waals surface area contributed by atoms with Gasteiger partial charge in [-0.15, -0.1) is 0 Å². The van der Waals surface area contributed by atoms with Gasteiger partial charge >= 0.3 is 0 Å². The Hall–Kier alpha value is -1.06. The molecule has 1 aliphatic heterocycles. The molecule has 0 aliphatic carbocycles. The monoisotopic (exact) mass is 248 g/mol. The standard InChI is InChI=1S/C15H24N2O/c1-13(2)11-16-12-14-5-3-4-6-15(14)17-7-9-18-10-8-17/h3-6,13,16H,7-12H2,1-2H3. The summed E-state index contributed by atoms with van der Waals surface area (Å²) in [6.07, 6.45) is 0. The molecule has 0 atom stereocenters. The van der Waals surface area contributed by atoms with E-state index in [2.05, 4.69) is 48.3 Å². The average Bonchev–Trinajstić information content (AvgIpc) is 2.40. The largest absolute Gasteiger partial charge is 0.378 e. The van der Waals surface area contributed by atoms with Gasteiger partial charge in [-0.1, -0.05) is 32.0 Å². The number of nitrogens with one attached hydrogen (secondary N) is 1. The van der Waals surface area contributed by atoms with E-state index in [0.29, 0.717) is 5.92 Å². The van der Waals surface area contributed by atoms with Gasteiger partial charge in [0.05, 0.1) is 13.2 Å². The second kappa shape index (κ2) is 6.76. The van der Waals surface area contributed by atoms with E-state index in [1.54, 1.807) is 0 Å². The van der Waals surface area contributed by atoms with Crippen molar-refractivity contribution in [3.05, 3.63) is 29.8 Å². The number of morpholine rings is 1. The molecule has 1 fully saturated rings. The summed E-state index contributed by atoms with van der Waals surface area (Å²) in [5, 5.41) is 3.52. The summed E-state index contributed by atoms with van der Waals surface area (Å²) in [4.78, 5) is 2.43. The van der Waals surface area contributed by atoms with E-state index < -0.39 is 0 Å². The molecule has 1 aromatic carbocycles. The second-order valence-electron chi connectivity index (χ2n) is 5.25. The van der Waals surface area contributed by atoms with Crippen molar-refractivity contribution in [2.24, 2.45) is 5.92 Å². The van der Waals surface area contributed by atoms with Crippen molar-refractivity contribution in [2.75, 3.05) is 37.7 Å². The third-order valence-corrected chi connectivity index (χ3v) is 3.21. The van der Waals surface area contributed by atoms with Crippen LogP contribution in [0.4, 0.5) is 5.69 Å². The van der Waals surface area contributed by atoms with Crippen molar-refractivity contribution in [3.8, 4) is 0 Å². The number of rotatable bonds is 5. The molecule has 1 saturated heterocycles. The van der Waals surface area contributed by atoms with E-state index in [1.165, 1.54) is 11.3 Å². The van der Waals surface area contributed by atoms with Crippen LogP contribution in [0.15, 0.2) is 24.3 Å². The van der Waals surface area contributed by atoms with Crippen LogP contribution in [0.3, 0.4) is 0 Å². The molecular weight excluding hydrogens is 224 g/mol. The van der Waals surface area contributed by atoms with Crippen LogP contribution in [-0.2, 0) is 11.3 Å². The van der Waals surface area contributed by atoms with Crippen LogP contribution in [0.1, 0.15) is 19.4 Å². The van der Waals surface area contributed by atoms with Gasteiger partial charge in [-0.3, -0.25) is 0 Å². The number of ether oxygens (including phenoxy) is 1. The second-order valence-corrected chi connectivity index (χ2v) is 5.25. The molecule has 0 unspecified atom stereocenters. The normalized spacial score (nSPS) is 16.3. The van der Waals surface area contributed by atoms with Crippen LogP contribution in [0, 0.1) is 5.92 Å². The van der Waals surface area contributed by atoms with Gasteiger partial charge in [-0.05, 0) is 24.1 Å². The quantitative estimate of drug-likeness (QED) is 0.865. The molecular formula is C15H24N2O. The Balaban J connectivity index is 2.00. The zero-order valence-electron chi connectivity index (χ0n) is 11.5. The number of hydrogen-bond acceptors (Lipinski definition) is 3. The first-order chi connectivity index (χ1) is 8.77. The average molecular weight is 248 g/mol. The molecule has 3 nitrogen and oxygen atoms in total. The molecule has 0 spiro atoms. The Kier molecular flexibility index (Phi) is 5.02. The Morgan fingerprint density at radius 3 is 2.67 bits per heavy atom. The minimum absolute atomic E-state index is 0.695. The Bertz CT molecular complexity index is 359. The van der Waals surface area contributed by atoms with E-state index in [-0.39, 0.29) is 0 Å². The predicted octanol–water partition coefficient (Wildman–Crippen LogP) is 2.27. The number of anilines is 1. The molecule has 18 heavy (non-hydrogen) atoms. The number of hydrogen-bond donors (Lipinski definition) is 1. The Morgan fingerprint density at radius 2 is 1.94 bits per heavy atom. The molecule has 0 bridgehead atoms. The van der Waals surface area contributed by atoms with Crippen molar-refractivity contribution >= 4 is 5.69 Å². The SMILES string of the molecule is CC(C)CNCc1ccccc1N1CCOCC1. The zero-order valence-corrected chi connectivity index (χ0v) is 11.5. The van der Waals surface area contributed by atoms with Gasteiger partial charge in [0.15, 0.2) is 0 Å². The lowest BCUT2D eigenvalue weighted by atomic mass is 10.1. The number of para-hydroxylation sites is 1. The lowest BCUT2D eigenvalue weighted by Gasteiger charge is -2.30. The van der Waals surface area contributed by atoms with Gasteiger partial charge in [-0.2, -0.15) is 0 Å². The van der Waals surface area contributed by atoms with Crippen LogP contribution in [0.5, 0.6) is 0 Å². The van der Waals surface area contributed by atoms with E-state index in [0.717, 1.165) is 39.4 Å². The lowest BCUT2D eigenvalue weighted by molar-refractivity contribution is 0.122. The van der Waals surface area contributed by atoms with Crippen LogP contribution in [0.25, 0.3) is 0 Å². The maximum absolute atomic E-state index is 5.42. The van der Waals surface area contributed by atoms with Crippen molar-refractivity contribution in [1.29, 1.82) is 0 Å². The number of benzene rings is 1. The summed E-state index contributed by atoms with van der Waals surface area (Å²) in [5.74, 6) is 0.695. The molecule has 0 radical (unpaired) electrons. The Morgan fingerprint density at radius 1 is 1.22 bits per heavy atom. The van der Waals surface area contributed by atoms with E-state index in [1.807, 2.05) is 0 Å². The zero-order chi connectivity index (χ0) is 12.8. The van der Waals surface area contributed by atoms with Crippen molar-refractivity contribution < 1.29 is 4.74 Å². The van der Waals surface area contributed by atoms with Gasteiger partial charge in [-0.25, -0.2) is 0 Å². The van der Waals surface area contributed by atoms with Crippen molar-refractivity contribution in [3.63, 3.8) is 0 Å². The van der Waals surface area contributed by atoms with Gasteiger partial charge in [0.2, 0.25) is 0 Å². The first-order valence-corrected chi connectivity index (χ1v) is 6.88. The topological polar surface area (TPSA) is 24.5 Å².